The summed E-state index contributed by atoms with van der Waals surface area (Å²) in [7, 11) is 0. The molecule has 0 spiro atoms. The van der Waals surface area contributed by atoms with Crippen molar-refractivity contribution < 1.29 is 14.7 Å². The van der Waals surface area contributed by atoms with Crippen molar-refractivity contribution >= 4 is 11.6 Å². The lowest BCUT2D eigenvalue weighted by atomic mass is 9.45. The van der Waals surface area contributed by atoms with Gasteiger partial charge in [-0.2, -0.15) is 0 Å². The van der Waals surface area contributed by atoms with Gasteiger partial charge in [0.25, 0.3) is 0 Å². The fourth-order valence-corrected chi connectivity index (χ4v) is 7.58. The Morgan fingerprint density at radius 1 is 1.16 bits per heavy atom. The summed E-state index contributed by atoms with van der Waals surface area (Å²) in [5.74, 6) is 2.27. The lowest BCUT2D eigenvalue weighted by Gasteiger charge is -2.60. The molecule has 3 heteroatoms. The van der Waals surface area contributed by atoms with Crippen molar-refractivity contribution in [1.29, 1.82) is 0 Å². The van der Waals surface area contributed by atoms with Gasteiger partial charge in [0.15, 0.2) is 11.6 Å². The quantitative estimate of drug-likeness (QED) is 0.779. The topological polar surface area (TPSA) is 54.4 Å². The molecule has 1 N–H and O–H groups in total. The Morgan fingerprint density at radius 3 is 2.52 bits per heavy atom. The Morgan fingerprint density at radius 2 is 1.84 bits per heavy atom. The second-order valence-corrected chi connectivity index (χ2v) is 9.91. The predicted octanol–water partition coefficient (Wildman–Crippen LogP) is 4.08. The molecule has 4 aliphatic rings. The first kappa shape index (κ1) is 17.5. The Bertz CT molecular complexity index is 664. The lowest BCUT2D eigenvalue weighted by Crippen LogP contribution is -2.57. The first-order chi connectivity index (χ1) is 11.6. The van der Waals surface area contributed by atoms with Crippen LogP contribution < -0.4 is 0 Å². The highest BCUT2D eigenvalue weighted by Crippen LogP contribution is 2.68. The van der Waals surface area contributed by atoms with Gasteiger partial charge in [0.05, 0.1) is 0 Å². The second-order valence-electron chi connectivity index (χ2n) is 9.91. The highest BCUT2D eigenvalue weighted by molar-refractivity contribution is 5.91. The maximum absolute atomic E-state index is 12.3. The molecule has 0 amide bonds. The number of fused-ring (bicyclic) bond motifs is 5. The number of hydrogen-bond donors (Lipinski definition) is 1. The third kappa shape index (κ3) is 2.08. The number of aliphatic hydroxyl groups is 1. The van der Waals surface area contributed by atoms with Crippen molar-refractivity contribution in [3.05, 3.63) is 11.6 Å². The lowest BCUT2D eigenvalue weighted by molar-refractivity contribution is -0.161. The smallest absolute Gasteiger partial charge is 0.161 e. The van der Waals surface area contributed by atoms with Gasteiger partial charge in [-0.15, -0.1) is 0 Å². The molecule has 7 atom stereocenters. The molecule has 0 saturated heterocycles. The van der Waals surface area contributed by atoms with Crippen molar-refractivity contribution in [3.8, 4) is 0 Å². The van der Waals surface area contributed by atoms with Crippen LogP contribution in [0.25, 0.3) is 0 Å². The van der Waals surface area contributed by atoms with Gasteiger partial charge in [-0.1, -0.05) is 26.3 Å². The molecule has 0 radical (unpaired) electrons. The molecule has 0 aliphatic heterocycles. The summed E-state index contributed by atoms with van der Waals surface area (Å²) in [6, 6.07) is 0. The minimum Gasteiger partial charge on any atom is -0.382 e. The number of hydrogen-bond acceptors (Lipinski definition) is 3. The third-order valence-electron chi connectivity index (χ3n) is 9.01. The first-order valence-electron chi connectivity index (χ1n) is 10.1. The van der Waals surface area contributed by atoms with Crippen LogP contribution in [-0.2, 0) is 9.59 Å². The normalized spacial score (nSPS) is 52.0. The third-order valence-corrected chi connectivity index (χ3v) is 9.01. The van der Waals surface area contributed by atoms with Gasteiger partial charge in [0, 0.05) is 11.8 Å². The van der Waals surface area contributed by atoms with Crippen LogP contribution in [0.15, 0.2) is 11.6 Å². The van der Waals surface area contributed by atoms with Crippen molar-refractivity contribution in [2.75, 3.05) is 0 Å². The maximum Gasteiger partial charge on any atom is 0.161 e. The van der Waals surface area contributed by atoms with Crippen LogP contribution in [0.4, 0.5) is 0 Å². The van der Waals surface area contributed by atoms with Crippen LogP contribution in [0.2, 0.25) is 0 Å². The van der Waals surface area contributed by atoms with Crippen molar-refractivity contribution in [2.45, 2.75) is 78.2 Å². The first-order valence-corrected chi connectivity index (χ1v) is 10.1. The molecular weight excluding hydrogens is 312 g/mol. The molecule has 0 aromatic heterocycles. The van der Waals surface area contributed by atoms with E-state index in [2.05, 4.69) is 20.8 Å². The number of allylic oxidation sites excluding steroid dienone is 1. The summed E-state index contributed by atoms with van der Waals surface area (Å²) in [5, 5.41) is 11.2. The summed E-state index contributed by atoms with van der Waals surface area (Å²) in [6.45, 7) is 8.40. The number of Topliss-reactive ketones (excluding diaryl/α,β-unsaturated/α-hetero) is 1. The Hall–Kier alpha value is -0.960. The van der Waals surface area contributed by atoms with Crippen LogP contribution in [0, 0.1) is 34.5 Å². The highest BCUT2D eigenvalue weighted by atomic mass is 16.3. The van der Waals surface area contributed by atoms with Gasteiger partial charge >= 0.3 is 0 Å². The van der Waals surface area contributed by atoms with E-state index in [1.807, 2.05) is 6.08 Å². The fourth-order valence-electron chi connectivity index (χ4n) is 7.58. The van der Waals surface area contributed by atoms with E-state index in [0.29, 0.717) is 42.3 Å². The molecule has 3 saturated carbocycles. The largest absolute Gasteiger partial charge is 0.382 e. The highest BCUT2D eigenvalue weighted by Gasteiger charge is 2.66. The Labute approximate surface area is 151 Å². The minimum absolute atomic E-state index is 0.0464. The molecule has 4 rings (SSSR count). The van der Waals surface area contributed by atoms with Gasteiger partial charge < -0.3 is 5.11 Å². The standard InChI is InChI=1S/C22H32O3/c1-13-11-16-17(20(3)8-5-15(24)12-19(13)20)6-9-21(4)18(16)7-10-22(21,25)14(2)23/h12-13,16-18,25H,5-11H2,1-4H3/t13-,16-,17+,18+,20-,21+,22-/m1/s1. The van der Waals surface area contributed by atoms with Crippen LogP contribution in [0.5, 0.6) is 0 Å². The monoisotopic (exact) mass is 344 g/mol. The van der Waals surface area contributed by atoms with E-state index in [1.165, 1.54) is 5.57 Å². The van der Waals surface area contributed by atoms with Crippen LogP contribution >= 0.6 is 0 Å². The molecule has 0 bridgehead atoms. The number of carbonyl (C=O) groups excluding carboxylic acids is 2. The number of rotatable bonds is 1. The average Bonchev–Trinajstić information content (AvgIpc) is 2.83. The van der Waals surface area contributed by atoms with E-state index >= 15 is 0 Å². The van der Waals surface area contributed by atoms with Crippen molar-refractivity contribution in [2.24, 2.45) is 34.5 Å². The summed E-state index contributed by atoms with van der Waals surface area (Å²) in [4.78, 5) is 24.3. The van der Waals surface area contributed by atoms with Gasteiger partial charge in [-0.3, -0.25) is 9.59 Å². The zero-order chi connectivity index (χ0) is 18.2. The number of carbonyl (C=O) groups is 2. The van der Waals surface area contributed by atoms with Crippen LogP contribution in [0.1, 0.15) is 72.6 Å². The summed E-state index contributed by atoms with van der Waals surface area (Å²) in [6.07, 6.45) is 8.31. The molecule has 3 nitrogen and oxygen atoms in total. The summed E-state index contributed by atoms with van der Waals surface area (Å²) >= 11 is 0. The van der Waals surface area contributed by atoms with Gasteiger partial charge in [0.2, 0.25) is 0 Å². The van der Waals surface area contributed by atoms with E-state index in [-0.39, 0.29) is 16.6 Å². The molecule has 0 unspecified atom stereocenters. The molecule has 138 valence electrons. The van der Waals surface area contributed by atoms with Gasteiger partial charge in [0.1, 0.15) is 5.60 Å². The fraction of sp³-hybridized carbons (Fsp3) is 0.818. The summed E-state index contributed by atoms with van der Waals surface area (Å²) in [5.41, 5.74) is 0.107. The summed E-state index contributed by atoms with van der Waals surface area (Å²) < 4.78 is 0. The van der Waals surface area contributed by atoms with Crippen LogP contribution in [0.3, 0.4) is 0 Å². The second kappa shape index (κ2) is 5.28. The van der Waals surface area contributed by atoms with Gasteiger partial charge in [-0.05, 0) is 80.6 Å². The van der Waals surface area contributed by atoms with Gasteiger partial charge in [-0.25, -0.2) is 0 Å². The van der Waals surface area contributed by atoms with E-state index in [9.17, 15) is 14.7 Å². The van der Waals surface area contributed by atoms with E-state index in [1.54, 1.807) is 6.92 Å². The van der Waals surface area contributed by atoms with E-state index in [0.717, 1.165) is 32.1 Å². The van der Waals surface area contributed by atoms with E-state index in [4.69, 9.17) is 0 Å². The average molecular weight is 344 g/mol. The van der Waals surface area contributed by atoms with E-state index < -0.39 is 5.60 Å². The molecule has 0 aromatic carbocycles. The molecule has 4 aliphatic carbocycles. The van der Waals surface area contributed by atoms with Crippen molar-refractivity contribution in [1.82, 2.24) is 0 Å². The minimum atomic E-state index is -1.13. The zero-order valence-corrected chi connectivity index (χ0v) is 16.1. The molecule has 0 heterocycles. The SMILES string of the molecule is CC(=O)[C@]1(O)CC[C@H]2[C@@H]3C[C@@H](C)C4=CC(=O)CC[C@]4(C)[C@H]3CC[C@@]21C. The Kier molecular flexibility index (Phi) is 3.69. The molecular formula is C22H32O3. The van der Waals surface area contributed by atoms with Crippen LogP contribution in [-0.4, -0.2) is 22.3 Å². The molecule has 25 heavy (non-hydrogen) atoms. The maximum atomic E-state index is 12.3. The zero-order valence-electron chi connectivity index (χ0n) is 16.1. The van der Waals surface area contributed by atoms with Crippen molar-refractivity contribution in [3.63, 3.8) is 0 Å². The molecule has 3 fully saturated rings. The Balaban J connectivity index is 1.73. The molecule has 0 aromatic rings. The number of ketones is 2. The predicted molar refractivity (Wildman–Crippen MR) is 96.9 cm³/mol.